The van der Waals surface area contributed by atoms with E-state index < -0.39 is 11.7 Å². The van der Waals surface area contributed by atoms with Crippen LogP contribution >= 0.6 is 11.6 Å². The zero-order valence-corrected chi connectivity index (χ0v) is 10.5. The Morgan fingerprint density at radius 3 is 2.63 bits per heavy atom. The maximum atomic E-state index is 13.1. The molecule has 0 spiro atoms. The zero-order chi connectivity index (χ0) is 14.0. The highest BCUT2D eigenvalue weighted by molar-refractivity contribution is 6.31. The SMILES string of the molecule is NC(=O)c1cccc(N)c1Nc1ccc(F)c(Cl)c1. The summed E-state index contributed by atoms with van der Waals surface area (Å²) in [4.78, 5) is 11.3. The number of nitrogens with two attached hydrogens (primary N) is 2. The summed E-state index contributed by atoms with van der Waals surface area (Å²) in [5.74, 6) is -1.13. The van der Waals surface area contributed by atoms with Gasteiger partial charge in [0.05, 0.1) is 22.0 Å². The van der Waals surface area contributed by atoms with E-state index in [0.29, 0.717) is 17.1 Å². The molecule has 0 heterocycles. The summed E-state index contributed by atoms with van der Waals surface area (Å²) in [6, 6.07) is 8.89. The molecule has 1 amide bonds. The summed E-state index contributed by atoms with van der Waals surface area (Å²) in [6.07, 6.45) is 0. The molecule has 0 aliphatic rings. The second-order valence-corrected chi connectivity index (χ2v) is 4.30. The molecule has 19 heavy (non-hydrogen) atoms. The first-order chi connectivity index (χ1) is 8.99. The van der Waals surface area contributed by atoms with Crippen molar-refractivity contribution < 1.29 is 9.18 Å². The van der Waals surface area contributed by atoms with E-state index in [1.54, 1.807) is 18.2 Å². The van der Waals surface area contributed by atoms with Gasteiger partial charge in [-0.15, -0.1) is 0 Å². The van der Waals surface area contributed by atoms with Gasteiger partial charge in [0.1, 0.15) is 5.82 Å². The lowest BCUT2D eigenvalue weighted by atomic mass is 10.1. The van der Waals surface area contributed by atoms with Gasteiger partial charge in [-0.2, -0.15) is 0 Å². The molecule has 4 nitrogen and oxygen atoms in total. The van der Waals surface area contributed by atoms with Crippen molar-refractivity contribution >= 4 is 34.6 Å². The molecule has 5 N–H and O–H groups in total. The number of anilines is 3. The topological polar surface area (TPSA) is 81.1 Å². The standard InChI is InChI=1S/C13H11ClFN3O/c14-9-6-7(4-5-10(9)15)18-12-8(13(17)19)2-1-3-11(12)16/h1-6,18H,16H2,(H2,17,19). The minimum absolute atomic E-state index is 0.0277. The maximum Gasteiger partial charge on any atom is 0.250 e. The van der Waals surface area contributed by atoms with Crippen molar-refractivity contribution in [1.82, 2.24) is 0 Å². The van der Waals surface area contributed by atoms with Crippen molar-refractivity contribution in [2.24, 2.45) is 5.73 Å². The molecule has 6 heteroatoms. The minimum atomic E-state index is -0.608. The van der Waals surface area contributed by atoms with E-state index in [1.807, 2.05) is 0 Å². The van der Waals surface area contributed by atoms with Crippen LogP contribution in [-0.2, 0) is 0 Å². The number of benzene rings is 2. The number of amides is 1. The van der Waals surface area contributed by atoms with Crippen LogP contribution in [0.4, 0.5) is 21.5 Å². The van der Waals surface area contributed by atoms with Crippen molar-refractivity contribution in [3.63, 3.8) is 0 Å². The molecule has 0 saturated carbocycles. The van der Waals surface area contributed by atoms with Crippen LogP contribution in [0.15, 0.2) is 36.4 Å². The predicted octanol–water partition coefficient (Wildman–Crippen LogP) is 2.90. The molecule has 0 radical (unpaired) electrons. The van der Waals surface area contributed by atoms with E-state index >= 15 is 0 Å². The fraction of sp³-hybridized carbons (Fsp3) is 0. The molecule has 0 unspecified atom stereocenters. The Morgan fingerprint density at radius 2 is 2.00 bits per heavy atom. The van der Waals surface area contributed by atoms with Crippen LogP contribution in [-0.4, -0.2) is 5.91 Å². The van der Waals surface area contributed by atoms with Crippen molar-refractivity contribution in [2.75, 3.05) is 11.1 Å². The largest absolute Gasteiger partial charge is 0.397 e. The van der Waals surface area contributed by atoms with E-state index in [9.17, 15) is 9.18 Å². The lowest BCUT2D eigenvalue weighted by Crippen LogP contribution is -2.14. The first kappa shape index (κ1) is 13.2. The van der Waals surface area contributed by atoms with Gasteiger partial charge in [0, 0.05) is 5.69 Å². The normalized spacial score (nSPS) is 10.2. The molecule has 2 rings (SSSR count). The van der Waals surface area contributed by atoms with Crippen molar-refractivity contribution in [2.45, 2.75) is 0 Å². The summed E-state index contributed by atoms with van der Waals surface area (Å²) in [5, 5.41) is 2.89. The van der Waals surface area contributed by atoms with Crippen molar-refractivity contribution in [3.8, 4) is 0 Å². The number of para-hydroxylation sites is 1. The number of carbonyl (C=O) groups is 1. The monoisotopic (exact) mass is 279 g/mol. The average Bonchev–Trinajstić information content (AvgIpc) is 2.36. The highest BCUT2D eigenvalue weighted by atomic mass is 35.5. The number of hydrogen-bond donors (Lipinski definition) is 3. The Balaban J connectivity index is 2.42. The first-order valence-corrected chi connectivity index (χ1v) is 5.77. The number of halogens is 2. The van der Waals surface area contributed by atoms with Crippen molar-refractivity contribution in [3.05, 3.63) is 52.8 Å². The van der Waals surface area contributed by atoms with Gasteiger partial charge in [0.25, 0.3) is 5.91 Å². The van der Waals surface area contributed by atoms with Crippen LogP contribution < -0.4 is 16.8 Å². The third-order valence-electron chi connectivity index (χ3n) is 2.55. The van der Waals surface area contributed by atoms with Gasteiger partial charge in [0.2, 0.25) is 0 Å². The first-order valence-electron chi connectivity index (χ1n) is 5.39. The van der Waals surface area contributed by atoms with Gasteiger partial charge >= 0.3 is 0 Å². The summed E-state index contributed by atoms with van der Waals surface area (Å²) in [5.41, 5.74) is 12.6. The van der Waals surface area contributed by atoms with Crippen LogP contribution in [0, 0.1) is 5.82 Å². The molecule has 0 aromatic heterocycles. The molecular formula is C13H11ClFN3O. The molecule has 0 saturated heterocycles. The van der Waals surface area contributed by atoms with Crippen LogP contribution in [0.2, 0.25) is 5.02 Å². The summed E-state index contributed by atoms with van der Waals surface area (Å²) in [7, 11) is 0. The number of rotatable bonds is 3. The fourth-order valence-electron chi connectivity index (χ4n) is 1.63. The Kier molecular flexibility index (Phi) is 3.57. The number of hydrogen-bond acceptors (Lipinski definition) is 3. The molecule has 0 atom stereocenters. The second-order valence-electron chi connectivity index (χ2n) is 3.89. The third kappa shape index (κ3) is 2.77. The van der Waals surface area contributed by atoms with Gasteiger partial charge in [-0.25, -0.2) is 4.39 Å². The molecular weight excluding hydrogens is 269 g/mol. The van der Waals surface area contributed by atoms with E-state index in [1.165, 1.54) is 18.2 Å². The summed E-state index contributed by atoms with van der Waals surface area (Å²) >= 11 is 5.68. The summed E-state index contributed by atoms with van der Waals surface area (Å²) < 4.78 is 13.1. The van der Waals surface area contributed by atoms with Gasteiger partial charge < -0.3 is 16.8 Å². The average molecular weight is 280 g/mol. The highest BCUT2D eigenvalue weighted by Gasteiger charge is 2.11. The van der Waals surface area contributed by atoms with Gasteiger partial charge in [-0.05, 0) is 30.3 Å². The van der Waals surface area contributed by atoms with Crippen LogP contribution in [0.25, 0.3) is 0 Å². The zero-order valence-electron chi connectivity index (χ0n) is 9.78. The molecule has 98 valence electrons. The van der Waals surface area contributed by atoms with Gasteiger partial charge in [0.15, 0.2) is 0 Å². The molecule has 0 fully saturated rings. The molecule has 2 aromatic rings. The Bertz CT molecular complexity index is 646. The lowest BCUT2D eigenvalue weighted by Gasteiger charge is -2.13. The lowest BCUT2D eigenvalue weighted by molar-refractivity contribution is 0.100. The van der Waals surface area contributed by atoms with Crippen LogP contribution in [0.3, 0.4) is 0 Å². The Hall–Kier alpha value is -2.27. The number of primary amides is 1. The van der Waals surface area contributed by atoms with Gasteiger partial charge in [-0.1, -0.05) is 17.7 Å². The van der Waals surface area contributed by atoms with Crippen LogP contribution in [0.5, 0.6) is 0 Å². The maximum absolute atomic E-state index is 13.1. The molecule has 0 aliphatic carbocycles. The molecule has 0 aliphatic heterocycles. The number of carbonyl (C=O) groups excluding carboxylic acids is 1. The second kappa shape index (κ2) is 5.16. The Labute approximate surface area is 114 Å². The predicted molar refractivity (Wildman–Crippen MR) is 74.1 cm³/mol. The van der Waals surface area contributed by atoms with Crippen LogP contribution in [0.1, 0.15) is 10.4 Å². The third-order valence-corrected chi connectivity index (χ3v) is 2.84. The van der Waals surface area contributed by atoms with E-state index in [-0.39, 0.29) is 10.6 Å². The minimum Gasteiger partial charge on any atom is -0.397 e. The Morgan fingerprint density at radius 1 is 1.26 bits per heavy atom. The van der Waals surface area contributed by atoms with Crippen molar-refractivity contribution in [1.29, 1.82) is 0 Å². The molecule has 2 aromatic carbocycles. The van der Waals surface area contributed by atoms with E-state index in [4.69, 9.17) is 23.1 Å². The van der Waals surface area contributed by atoms with E-state index in [2.05, 4.69) is 5.32 Å². The summed E-state index contributed by atoms with van der Waals surface area (Å²) in [6.45, 7) is 0. The number of nitrogens with one attached hydrogen (secondary N) is 1. The smallest absolute Gasteiger partial charge is 0.250 e. The van der Waals surface area contributed by atoms with E-state index in [0.717, 1.165) is 0 Å². The molecule has 0 bridgehead atoms. The number of nitrogen functional groups attached to an aromatic ring is 1. The quantitative estimate of drug-likeness (QED) is 0.756. The highest BCUT2D eigenvalue weighted by Crippen LogP contribution is 2.29. The van der Waals surface area contributed by atoms with Gasteiger partial charge in [-0.3, -0.25) is 4.79 Å². The fourth-order valence-corrected chi connectivity index (χ4v) is 1.81.